The molecule has 2 rings (SSSR count). The first kappa shape index (κ1) is 15.4. The van der Waals surface area contributed by atoms with E-state index in [-0.39, 0.29) is 0 Å². The summed E-state index contributed by atoms with van der Waals surface area (Å²) in [5.74, 6) is 0. The van der Waals surface area contributed by atoms with Crippen LogP contribution in [0.4, 0.5) is 0 Å². The van der Waals surface area contributed by atoms with Crippen LogP contribution in [-0.4, -0.2) is 61.1 Å². The highest BCUT2D eigenvalue weighted by atomic mass is 15.3. The fourth-order valence-corrected chi connectivity index (χ4v) is 2.84. The van der Waals surface area contributed by atoms with Crippen molar-refractivity contribution < 1.29 is 0 Å². The number of hydrogen-bond donors (Lipinski definition) is 1. The van der Waals surface area contributed by atoms with Crippen LogP contribution in [0.15, 0.2) is 18.3 Å². The Morgan fingerprint density at radius 3 is 2.80 bits per heavy atom. The number of nitrogens with one attached hydrogen (secondary N) is 1. The molecule has 4 nitrogen and oxygen atoms in total. The molecule has 4 heteroatoms. The Bertz CT molecular complexity index is 403. The molecule has 0 bridgehead atoms. The lowest BCUT2D eigenvalue weighted by molar-refractivity contribution is 0.0875. The van der Waals surface area contributed by atoms with Gasteiger partial charge in [0.05, 0.1) is 6.04 Å². The van der Waals surface area contributed by atoms with Crippen molar-refractivity contribution in [1.82, 2.24) is 20.1 Å². The molecule has 2 atom stereocenters. The third-order valence-electron chi connectivity index (χ3n) is 4.19. The van der Waals surface area contributed by atoms with Crippen LogP contribution < -0.4 is 5.32 Å². The van der Waals surface area contributed by atoms with E-state index in [9.17, 15) is 0 Å². The SMILES string of the molecule is CCCNC(c1ccc(C)nc1)C1CN(C)CCN1C. The number of aromatic nitrogens is 1. The van der Waals surface area contributed by atoms with Crippen LogP contribution in [0.2, 0.25) is 0 Å². The maximum atomic E-state index is 4.47. The second-order valence-electron chi connectivity index (χ2n) is 5.97. The molecule has 2 heterocycles. The molecule has 1 fully saturated rings. The third kappa shape index (κ3) is 3.78. The van der Waals surface area contributed by atoms with Gasteiger partial charge in [-0.3, -0.25) is 9.88 Å². The van der Waals surface area contributed by atoms with Gasteiger partial charge in [-0.1, -0.05) is 13.0 Å². The van der Waals surface area contributed by atoms with Gasteiger partial charge in [0, 0.05) is 37.6 Å². The Kier molecular flexibility index (Phi) is 5.52. The molecule has 0 aliphatic carbocycles. The van der Waals surface area contributed by atoms with Crippen molar-refractivity contribution >= 4 is 0 Å². The number of hydrogen-bond acceptors (Lipinski definition) is 4. The van der Waals surface area contributed by atoms with Crippen molar-refractivity contribution in [2.24, 2.45) is 0 Å². The van der Waals surface area contributed by atoms with Gasteiger partial charge in [-0.25, -0.2) is 0 Å². The zero-order chi connectivity index (χ0) is 14.5. The molecule has 20 heavy (non-hydrogen) atoms. The summed E-state index contributed by atoms with van der Waals surface area (Å²) in [6.45, 7) is 8.69. The summed E-state index contributed by atoms with van der Waals surface area (Å²) in [4.78, 5) is 9.38. The van der Waals surface area contributed by atoms with E-state index in [0.717, 1.165) is 38.3 Å². The average Bonchev–Trinajstić information content (AvgIpc) is 2.44. The van der Waals surface area contributed by atoms with E-state index >= 15 is 0 Å². The molecule has 1 aromatic rings. The van der Waals surface area contributed by atoms with Crippen molar-refractivity contribution in [3.8, 4) is 0 Å². The van der Waals surface area contributed by atoms with E-state index in [2.05, 4.69) is 53.3 Å². The molecule has 0 radical (unpaired) electrons. The minimum absolute atomic E-state index is 0.357. The van der Waals surface area contributed by atoms with Crippen LogP contribution in [0, 0.1) is 6.92 Å². The molecule has 1 aliphatic rings. The summed E-state index contributed by atoms with van der Waals surface area (Å²) in [6, 6.07) is 5.20. The van der Waals surface area contributed by atoms with E-state index < -0.39 is 0 Å². The van der Waals surface area contributed by atoms with Gasteiger partial charge in [0.15, 0.2) is 0 Å². The molecule has 1 N–H and O–H groups in total. The molecule has 0 spiro atoms. The van der Waals surface area contributed by atoms with Crippen LogP contribution in [-0.2, 0) is 0 Å². The minimum Gasteiger partial charge on any atom is -0.309 e. The molecule has 1 saturated heterocycles. The summed E-state index contributed by atoms with van der Waals surface area (Å²) in [7, 11) is 4.45. The lowest BCUT2D eigenvalue weighted by atomic mass is 9.97. The Morgan fingerprint density at radius 2 is 2.15 bits per heavy atom. The monoisotopic (exact) mass is 276 g/mol. The van der Waals surface area contributed by atoms with E-state index in [1.165, 1.54) is 5.56 Å². The molecule has 0 amide bonds. The minimum atomic E-state index is 0.357. The van der Waals surface area contributed by atoms with Gasteiger partial charge < -0.3 is 10.2 Å². The molecule has 0 aromatic carbocycles. The predicted octanol–water partition coefficient (Wildman–Crippen LogP) is 1.68. The fourth-order valence-electron chi connectivity index (χ4n) is 2.84. The van der Waals surface area contributed by atoms with E-state index in [4.69, 9.17) is 0 Å². The summed E-state index contributed by atoms with van der Waals surface area (Å²) in [5, 5.41) is 3.72. The van der Waals surface area contributed by atoms with Gasteiger partial charge in [-0.2, -0.15) is 0 Å². The third-order valence-corrected chi connectivity index (χ3v) is 4.19. The highest BCUT2D eigenvalue weighted by molar-refractivity contribution is 5.19. The molecule has 2 unspecified atom stereocenters. The number of pyridine rings is 1. The molecule has 0 saturated carbocycles. The maximum absolute atomic E-state index is 4.47. The van der Waals surface area contributed by atoms with Crippen LogP contribution in [0.5, 0.6) is 0 Å². The van der Waals surface area contributed by atoms with Crippen molar-refractivity contribution in [3.05, 3.63) is 29.6 Å². The number of aryl methyl sites for hydroxylation is 1. The normalized spacial score (nSPS) is 22.9. The second kappa shape index (κ2) is 7.16. The van der Waals surface area contributed by atoms with Gasteiger partial charge in [0.2, 0.25) is 0 Å². The Balaban J connectivity index is 2.19. The van der Waals surface area contributed by atoms with Crippen LogP contribution in [0.1, 0.15) is 30.6 Å². The number of rotatable bonds is 5. The zero-order valence-electron chi connectivity index (χ0n) is 13.3. The van der Waals surface area contributed by atoms with Crippen molar-refractivity contribution in [2.45, 2.75) is 32.4 Å². The zero-order valence-corrected chi connectivity index (χ0v) is 13.3. The summed E-state index contributed by atoms with van der Waals surface area (Å²) < 4.78 is 0. The lowest BCUT2D eigenvalue weighted by Gasteiger charge is -2.42. The van der Waals surface area contributed by atoms with Crippen LogP contribution in [0.3, 0.4) is 0 Å². The Hall–Kier alpha value is -0.970. The average molecular weight is 276 g/mol. The number of likely N-dealkylation sites (N-methyl/N-ethyl adjacent to an activating group) is 2. The number of piperazine rings is 1. The lowest BCUT2D eigenvalue weighted by Crippen LogP contribution is -2.55. The van der Waals surface area contributed by atoms with Crippen LogP contribution >= 0.6 is 0 Å². The highest BCUT2D eigenvalue weighted by Crippen LogP contribution is 2.23. The molecular weight excluding hydrogens is 248 g/mol. The molecule has 1 aliphatic heterocycles. The smallest absolute Gasteiger partial charge is 0.0505 e. The van der Waals surface area contributed by atoms with E-state index in [1.807, 2.05) is 13.1 Å². The summed E-state index contributed by atoms with van der Waals surface area (Å²) >= 11 is 0. The largest absolute Gasteiger partial charge is 0.309 e. The topological polar surface area (TPSA) is 31.4 Å². The quantitative estimate of drug-likeness (QED) is 0.886. The van der Waals surface area contributed by atoms with Gasteiger partial charge in [-0.15, -0.1) is 0 Å². The Labute approximate surface area is 123 Å². The second-order valence-corrected chi connectivity index (χ2v) is 5.97. The van der Waals surface area contributed by atoms with E-state index in [1.54, 1.807) is 0 Å². The first-order valence-electron chi connectivity index (χ1n) is 7.66. The van der Waals surface area contributed by atoms with Gasteiger partial charge >= 0.3 is 0 Å². The molecular formula is C16H28N4. The van der Waals surface area contributed by atoms with Gasteiger partial charge in [0.1, 0.15) is 0 Å². The van der Waals surface area contributed by atoms with Crippen molar-refractivity contribution in [3.63, 3.8) is 0 Å². The maximum Gasteiger partial charge on any atom is 0.0505 e. The van der Waals surface area contributed by atoms with Crippen molar-refractivity contribution in [1.29, 1.82) is 0 Å². The first-order valence-corrected chi connectivity index (χ1v) is 7.66. The van der Waals surface area contributed by atoms with E-state index in [0.29, 0.717) is 12.1 Å². The standard InChI is InChI=1S/C16H28N4/c1-5-8-17-16(14-7-6-13(2)18-11-14)15-12-19(3)9-10-20(15)4/h6-7,11,15-17H,5,8-10,12H2,1-4H3. The fraction of sp³-hybridized carbons (Fsp3) is 0.688. The van der Waals surface area contributed by atoms with Crippen molar-refractivity contribution in [2.75, 3.05) is 40.3 Å². The highest BCUT2D eigenvalue weighted by Gasteiger charge is 2.30. The number of nitrogens with zero attached hydrogens (tertiary/aromatic N) is 3. The summed E-state index contributed by atoms with van der Waals surface area (Å²) in [5.41, 5.74) is 2.38. The molecule has 1 aromatic heterocycles. The molecule has 112 valence electrons. The van der Waals surface area contributed by atoms with Crippen LogP contribution in [0.25, 0.3) is 0 Å². The Morgan fingerprint density at radius 1 is 1.35 bits per heavy atom. The summed E-state index contributed by atoms with van der Waals surface area (Å²) in [6.07, 6.45) is 3.19. The first-order chi connectivity index (χ1) is 9.61. The van der Waals surface area contributed by atoms with Gasteiger partial charge in [-0.05, 0) is 45.6 Å². The van der Waals surface area contributed by atoms with Gasteiger partial charge in [0.25, 0.3) is 0 Å². The predicted molar refractivity (Wildman–Crippen MR) is 83.9 cm³/mol.